The SMILES string of the molecule is NCc1ccc(NC(=O)CC2CC2)c(F)c1. The van der Waals surface area contributed by atoms with Gasteiger partial charge >= 0.3 is 0 Å². The zero-order valence-corrected chi connectivity index (χ0v) is 9.00. The average Bonchev–Trinajstić information content (AvgIpc) is 3.05. The van der Waals surface area contributed by atoms with Crippen molar-refractivity contribution in [3.8, 4) is 0 Å². The van der Waals surface area contributed by atoms with Crippen molar-refractivity contribution in [1.29, 1.82) is 0 Å². The number of anilines is 1. The summed E-state index contributed by atoms with van der Waals surface area (Å²) in [6, 6.07) is 4.63. The number of hydrogen-bond acceptors (Lipinski definition) is 2. The van der Waals surface area contributed by atoms with Crippen molar-refractivity contribution in [2.45, 2.75) is 25.8 Å². The minimum absolute atomic E-state index is 0.109. The maximum Gasteiger partial charge on any atom is 0.224 e. The lowest BCUT2D eigenvalue weighted by atomic mass is 10.2. The lowest BCUT2D eigenvalue weighted by Gasteiger charge is -2.07. The quantitative estimate of drug-likeness (QED) is 0.818. The first-order valence-corrected chi connectivity index (χ1v) is 5.47. The van der Waals surface area contributed by atoms with E-state index in [1.54, 1.807) is 12.1 Å². The zero-order valence-electron chi connectivity index (χ0n) is 9.00. The molecule has 16 heavy (non-hydrogen) atoms. The summed E-state index contributed by atoms with van der Waals surface area (Å²) in [6.45, 7) is 0.299. The maximum absolute atomic E-state index is 13.5. The summed E-state index contributed by atoms with van der Waals surface area (Å²) < 4.78 is 13.5. The second kappa shape index (κ2) is 4.61. The van der Waals surface area contributed by atoms with Crippen molar-refractivity contribution in [3.63, 3.8) is 0 Å². The van der Waals surface area contributed by atoms with Crippen molar-refractivity contribution in [3.05, 3.63) is 29.6 Å². The summed E-state index contributed by atoms with van der Waals surface area (Å²) in [7, 11) is 0. The van der Waals surface area contributed by atoms with E-state index in [4.69, 9.17) is 5.73 Å². The van der Waals surface area contributed by atoms with Crippen LogP contribution in [0.4, 0.5) is 10.1 Å². The topological polar surface area (TPSA) is 55.1 Å². The van der Waals surface area contributed by atoms with Crippen LogP contribution in [-0.2, 0) is 11.3 Å². The van der Waals surface area contributed by atoms with Gasteiger partial charge < -0.3 is 11.1 Å². The van der Waals surface area contributed by atoms with Crippen LogP contribution in [0.15, 0.2) is 18.2 Å². The Kier molecular flexibility index (Phi) is 3.19. The molecule has 1 aromatic carbocycles. The third-order valence-electron chi connectivity index (χ3n) is 2.71. The highest BCUT2D eigenvalue weighted by Crippen LogP contribution is 2.32. The molecule has 0 aromatic heterocycles. The monoisotopic (exact) mass is 222 g/mol. The summed E-state index contributed by atoms with van der Waals surface area (Å²) in [5, 5.41) is 2.58. The Balaban J connectivity index is 1.99. The van der Waals surface area contributed by atoms with E-state index >= 15 is 0 Å². The molecule has 1 saturated carbocycles. The third-order valence-corrected chi connectivity index (χ3v) is 2.71. The first-order chi connectivity index (χ1) is 7.69. The van der Waals surface area contributed by atoms with Crippen molar-refractivity contribution < 1.29 is 9.18 Å². The van der Waals surface area contributed by atoms with E-state index in [9.17, 15) is 9.18 Å². The van der Waals surface area contributed by atoms with Gasteiger partial charge in [0.05, 0.1) is 5.69 Å². The highest BCUT2D eigenvalue weighted by atomic mass is 19.1. The minimum Gasteiger partial charge on any atom is -0.326 e. The molecule has 0 atom stereocenters. The minimum atomic E-state index is -0.424. The van der Waals surface area contributed by atoms with Gasteiger partial charge in [0.15, 0.2) is 0 Å². The van der Waals surface area contributed by atoms with Gasteiger partial charge in [-0.3, -0.25) is 4.79 Å². The molecule has 0 bridgehead atoms. The Hall–Kier alpha value is -1.42. The number of benzene rings is 1. The van der Waals surface area contributed by atoms with Crippen LogP contribution in [0.25, 0.3) is 0 Å². The zero-order chi connectivity index (χ0) is 11.5. The molecule has 1 aliphatic rings. The van der Waals surface area contributed by atoms with E-state index in [0.717, 1.165) is 18.4 Å². The van der Waals surface area contributed by atoms with Gasteiger partial charge in [-0.05, 0) is 36.5 Å². The Morgan fingerprint density at radius 2 is 2.25 bits per heavy atom. The first kappa shape index (κ1) is 11.1. The molecule has 1 fully saturated rings. The molecule has 0 saturated heterocycles. The largest absolute Gasteiger partial charge is 0.326 e. The van der Waals surface area contributed by atoms with Crippen LogP contribution < -0.4 is 11.1 Å². The van der Waals surface area contributed by atoms with E-state index < -0.39 is 5.82 Å². The predicted molar refractivity (Wildman–Crippen MR) is 60.3 cm³/mol. The van der Waals surface area contributed by atoms with Gasteiger partial charge in [0, 0.05) is 13.0 Å². The van der Waals surface area contributed by atoms with E-state index in [-0.39, 0.29) is 11.6 Å². The van der Waals surface area contributed by atoms with Crippen LogP contribution in [0, 0.1) is 11.7 Å². The molecule has 1 aromatic rings. The van der Waals surface area contributed by atoms with Gasteiger partial charge in [-0.15, -0.1) is 0 Å². The van der Waals surface area contributed by atoms with Gasteiger partial charge in [-0.2, -0.15) is 0 Å². The van der Waals surface area contributed by atoms with Crippen LogP contribution in [0.3, 0.4) is 0 Å². The van der Waals surface area contributed by atoms with Gasteiger partial charge in [-0.25, -0.2) is 4.39 Å². The Labute approximate surface area is 93.8 Å². The molecule has 0 heterocycles. The molecule has 0 spiro atoms. The summed E-state index contributed by atoms with van der Waals surface area (Å²) in [5.74, 6) is -0.0274. The van der Waals surface area contributed by atoms with E-state index in [1.807, 2.05) is 0 Å². The van der Waals surface area contributed by atoms with Gasteiger partial charge in [0.25, 0.3) is 0 Å². The number of halogens is 1. The average molecular weight is 222 g/mol. The molecule has 0 aliphatic heterocycles. The van der Waals surface area contributed by atoms with Crippen LogP contribution in [0.1, 0.15) is 24.8 Å². The van der Waals surface area contributed by atoms with Crippen LogP contribution in [-0.4, -0.2) is 5.91 Å². The lowest BCUT2D eigenvalue weighted by Crippen LogP contribution is -2.13. The van der Waals surface area contributed by atoms with Gasteiger partial charge in [-0.1, -0.05) is 6.07 Å². The van der Waals surface area contributed by atoms with Crippen molar-refractivity contribution in [2.75, 3.05) is 5.32 Å². The second-order valence-electron chi connectivity index (χ2n) is 4.21. The van der Waals surface area contributed by atoms with Crippen molar-refractivity contribution >= 4 is 11.6 Å². The third kappa shape index (κ3) is 2.79. The molecule has 4 heteroatoms. The fraction of sp³-hybridized carbons (Fsp3) is 0.417. The Morgan fingerprint density at radius 1 is 1.50 bits per heavy atom. The number of nitrogens with one attached hydrogen (secondary N) is 1. The molecule has 0 radical (unpaired) electrons. The van der Waals surface area contributed by atoms with Gasteiger partial charge in [0.2, 0.25) is 5.91 Å². The number of amides is 1. The summed E-state index contributed by atoms with van der Waals surface area (Å²) in [4.78, 5) is 11.5. The fourth-order valence-electron chi connectivity index (χ4n) is 1.57. The molecule has 3 N–H and O–H groups in total. The van der Waals surface area contributed by atoms with Crippen LogP contribution >= 0.6 is 0 Å². The van der Waals surface area contributed by atoms with Crippen molar-refractivity contribution in [2.24, 2.45) is 11.7 Å². The smallest absolute Gasteiger partial charge is 0.224 e. The highest BCUT2D eigenvalue weighted by Gasteiger charge is 2.24. The number of hydrogen-bond donors (Lipinski definition) is 2. The molecule has 86 valence electrons. The van der Waals surface area contributed by atoms with E-state index in [2.05, 4.69) is 5.32 Å². The van der Waals surface area contributed by atoms with Crippen LogP contribution in [0.5, 0.6) is 0 Å². The highest BCUT2D eigenvalue weighted by molar-refractivity contribution is 5.91. The molecule has 0 unspecified atom stereocenters. The number of carbonyl (C=O) groups is 1. The van der Waals surface area contributed by atoms with Gasteiger partial charge in [0.1, 0.15) is 5.82 Å². The predicted octanol–water partition coefficient (Wildman–Crippen LogP) is 2.02. The number of rotatable bonds is 4. The molecular formula is C12H15FN2O. The summed E-state index contributed by atoms with van der Waals surface area (Å²) in [6.07, 6.45) is 2.72. The molecule has 1 aliphatic carbocycles. The maximum atomic E-state index is 13.5. The van der Waals surface area contributed by atoms with Crippen LogP contribution in [0.2, 0.25) is 0 Å². The summed E-state index contributed by atoms with van der Waals surface area (Å²) in [5.41, 5.74) is 6.35. The van der Waals surface area contributed by atoms with Crippen molar-refractivity contribution in [1.82, 2.24) is 0 Å². The second-order valence-corrected chi connectivity index (χ2v) is 4.21. The number of nitrogens with two attached hydrogens (primary N) is 1. The molecule has 2 rings (SSSR count). The summed E-state index contributed by atoms with van der Waals surface area (Å²) >= 11 is 0. The molecular weight excluding hydrogens is 207 g/mol. The Morgan fingerprint density at radius 3 is 2.81 bits per heavy atom. The van der Waals surface area contributed by atoms with E-state index in [0.29, 0.717) is 18.9 Å². The fourth-order valence-corrected chi connectivity index (χ4v) is 1.57. The standard InChI is InChI=1S/C12H15FN2O/c13-10-5-9(7-14)3-4-11(10)15-12(16)6-8-1-2-8/h3-5,8H,1-2,6-7,14H2,(H,15,16). The Bertz CT molecular complexity index is 402. The molecule has 3 nitrogen and oxygen atoms in total. The molecule has 1 amide bonds. The number of carbonyl (C=O) groups excluding carboxylic acids is 1. The lowest BCUT2D eigenvalue weighted by molar-refractivity contribution is -0.116. The first-order valence-electron chi connectivity index (χ1n) is 5.47. The normalized spacial score (nSPS) is 14.9. The van der Waals surface area contributed by atoms with E-state index in [1.165, 1.54) is 6.07 Å².